The summed E-state index contributed by atoms with van der Waals surface area (Å²) in [6, 6.07) is 0. The van der Waals surface area contributed by atoms with Gasteiger partial charge in [-0.25, -0.2) is 4.39 Å². The van der Waals surface area contributed by atoms with Crippen molar-refractivity contribution in [2.24, 2.45) is 22.7 Å². The summed E-state index contributed by atoms with van der Waals surface area (Å²) in [6.07, 6.45) is 12.2. The number of carbonyl (C=O) groups is 1. The molecule has 0 heterocycles. The second-order valence-electron chi connectivity index (χ2n) is 8.64. The zero-order valence-electron chi connectivity index (χ0n) is 14.4. The lowest BCUT2D eigenvalue weighted by atomic mass is 9.50. The lowest BCUT2D eigenvalue weighted by molar-refractivity contribution is -0.116. The van der Waals surface area contributed by atoms with E-state index in [2.05, 4.69) is 25.8 Å². The Morgan fingerprint density at radius 3 is 2.79 bits per heavy atom. The van der Waals surface area contributed by atoms with Gasteiger partial charge in [-0.05, 0) is 55.6 Å². The summed E-state index contributed by atoms with van der Waals surface area (Å²) in [5, 5.41) is 10.9. The summed E-state index contributed by atoms with van der Waals surface area (Å²) in [6.45, 7) is 4.17. The molecule has 0 amide bonds. The standard InChI is InChI=1S/C21H25FO2/c1-4-21(24)10-7-16-14-12-18(22)17-11-13(23)5-8-19(17,2)15(14)6-9-20(16,21)3/h1,6,11,14,16,18,24H,5,7-10,12H2,2-3H3/t14-,16+,18+,19-,20+,21+/m1/s1. The second kappa shape index (κ2) is 4.82. The van der Waals surface area contributed by atoms with E-state index >= 15 is 4.39 Å². The third kappa shape index (κ3) is 1.78. The molecule has 0 aromatic heterocycles. The van der Waals surface area contributed by atoms with E-state index in [9.17, 15) is 9.90 Å². The van der Waals surface area contributed by atoms with Gasteiger partial charge in [-0.15, -0.1) is 6.42 Å². The maximum absolute atomic E-state index is 15.0. The van der Waals surface area contributed by atoms with Crippen molar-refractivity contribution in [1.29, 1.82) is 0 Å². The molecule has 4 rings (SSSR count). The SMILES string of the molecule is C#C[C@]1(O)CC[C@H]2[C@@H]3C[C@H](F)C4=CC(=O)CC[C@]4(C)C3=CC[C@@]21C. The Balaban J connectivity index is 1.81. The molecule has 3 heteroatoms. The molecule has 0 bridgehead atoms. The van der Waals surface area contributed by atoms with Gasteiger partial charge in [0.2, 0.25) is 0 Å². The Morgan fingerprint density at radius 2 is 2.08 bits per heavy atom. The van der Waals surface area contributed by atoms with Crippen LogP contribution in [-0.4, -0.2) is 22.7 Å². The quantitative estimate of drug-likeness (QED) is 0.543. The summed E-state index contributed by atoms with van der Waals surface area (Å²) < 4.78 is 15.0. The number of carbonyl (C=O) groups excluding carboxylic acids is 1. The van der Waals surface area contributed by atoms with Crippen LogP contribution in [0.1, 0.15) is 52.4 Å². The first kappa shape index (κ1) is 16.1. The molecule has 0 aromatic rings. The smallest absolute Gasteiger partial charge is 0.155 e. The molecule has 2 saturated carbocycles. The minimum atomic E-state index is -1.09. The van der Waals surface area contributed by atoms with Gasteiger partial charge in [-0.2, -0.15) is 0 Å². The van der Waals surface area contributed by atoms with Gasteiger partial charge in [-0.1, -0.05) is 31.4 Å². The van der Waals surface area contributed by atoms with Gasteiger partial charge in [0.05, 0.1) is 0 Å². The average molecular weight is 328 g/mol. The molecule has 128 valence electrons. The van der Waals surface area contributed by atoms with E-state index in [1.807, 2.05) is 0 Å². The van der Waals surface area contributed by atoms with Crippen LogP contribution in [0.2, 0.25) is 0 Å². The Morgan fingerprint density at radius 1 is 1.33 bits per heavy atom. The lowest BCUT2D eigenvalue weighted by Gasteiger charge is -2.54. The van der Waals surface area contributed by atoms with Crippen molar-refractivity contribution in [3.8, 4) is 12.3 Å². The zero-order valence-corrected chi connectivity index (χ0v) is 14.4. The van der Waals surface area contributed by atoms with Crippen molar-refractivity contribution in [3.63, 3.8) is 0 Å². The van der Waals surface area contributed by atoms with Crippen LogP contribution in [0.5, 0.6) is 0 Å². The Bertz CT molecular complexity index is 714. The number of rotatable bonds is 0. The number of halogens is 1. The number of aliphatic hydroxyl groups is 1. The number of terminal acetylenes is 1. The highest BCUT2D eigenvalue weighted by Gasteiger charge is 2.62. The third-order valence-electron chi connectivity index (χ3n) is 7.71. The summed E-state index contributed by atoms with van der Waals surface area (Å²) in [5.74, 6) is 3.02. The molecule has 1 N–H and O–H groups in total. The molecule has 0 aliphatic heterocycles. The second-order valence-corrected chi connectivity index (χ2v) is 8.64. The fourth-order valence-electron chi connectivity index (χ4n) is 6.11. The molecule has 0 aromatic carbocycles. The molecule has 2 nitrogen and oxygen atoms in total. The largest absolute Gasteiger partial charge is 0.377 e. The van der Waals surface area contributed by atoms with Gasteiger partial charge >= 0.3 is 0 Å². The van der Waals surface area contributed by atoms with Crippen LogP contribution >= 0.6 is 0 Å². The zero-order chi connectivity index (χ0) is 17.3. The minimum Gasteiger partial charge on any atom is -0.377 e. The average Bonchev–Trinajstić information content (AvgIpc) is 2.82. The van der Waals surface area contributed by atoms with Crippen LogP contribution in [0.3, 0.4) is 0 Å². The highest BCUT2D eigenvalue weighted by atomic mass is 19.1. The van der Waals surface area contributed by atoms with Gasteiger partial charge in [0.15, 0.2) is 5.78 Å². The third-order valence-corrected chi connectivity index (χ3v) is 7.71. The molecule has 4 aliphatic rings. The van der Waals surface area contributed by atoms with E-state index in [1.54, 1.807) is 6.08 Å². The predicted octanol–water partition coefficient (Wildman–Crippen LogP) is 3.75. The first-order chi connectivity index (χ1) is 11.2. The normalized spacial score (nSPS) is 50.1. The molecule has 4 aliphatic carbocycles. The number of hydrogen-bond acceptors (Lipinski definition) is 2. The summed E-state index contributed by atoms with van der Waals surface area (Å²) in [5.41, 5.74) is 0.158. The first-order valence-corrected chi connectivity index (χ1v) is 9.05. The van der Waals surface area contributed by atoms with Crippen LogP contribution in [0, 0.1) is 35.0 Å². The van der Waals surface area contributed by atoms with Crippen LogP contribution < -0.4 is 0 Å². The monoisotopic (exact) mass is 328 g/mol. The van der Waals surface area contributed by atoms with E-state index in [-0.39, 0.29) is 28.4 Å². The Hall–Kier alpha value is -1.40. The molecular weight excluding hydrogens is 303 g/mol. The van der Waals surface area contributed by atoms with Crippen LogP contribution in [0.25, 0.3) is 0 Å². The van der Waals surface area contributed by atoms with Crippen LogP contribution in [0.4, 0.5) is 4.39 Å². The molecular formula is C21H25FO2. The Kier molecular flexibility index (Phi) is 3.23. The molecule has 0 saturated heterocycles. The molecule has 24 heavy (non-hydrogen) atoms. The summed E-state index contributed by atoms with van der Waals surface area (Å²) in [7, 11) is 0. The van der Waals surface area contributed by atoms with Crippen LogP contribution in [-0.2, 0) is 4.79 Å². The molecule has 6 atom stereocenters. The number of fused-ring (bicyclic) bond motifs is 5. The van der Waals surface area contributed by atoms with Crippen molar-refractivity contribution >= 4 is 5.78 Å². The molecule has 2 fully saturated rings. The van der Waals surface area contributed by atoms with Gasteiger partial charge in [-0.3, -0.25) is 4.79 Å². The molecule has 0 radical (unpaired) electrons. The lowest BCUT2D eigenvalue weighted by Crippen LogP contribution is -2.51. The van der Waals surface area contributed by atoms with Gasteiger partial charge in [0.25, 0.3) is 0 Å². The van der Waals surface area contributed by atoms with E-state index in [1.165, 1.54) is 5.57 Å². The van der Waals surface area contributed by atoms with Crippen molar-refractivity contribution in [3.05, 3.63) is 23.3 Å². The maximum Gasteiger partial charge on any atom is 0.155 e. The van der Waals surface area contributed by atoms with E-state index in [4.69, 9.17) is 6.42 Å². The van der Waals surface area contributed by atoms with Gasteiger partial charge < -0.3 is 5.11 Å². The van der Waals surface area contributed by atoms with Crippen molar-refractivity contribution in [2.45, 2.75) is 64.1 Å². The fourth-order valence-corrected chi connectivity index (χ4v) is 6.11. The number of alkyl halides is 1. The highest BCUT2D eigenvalue weighted by molar-refractivity contribution is 5.92. The van der Waals surface area contributed by atoms with Gasteiger partial charge in [0, 0.05) is 17.3 Å². The number of allylic oxidation sites excluding steroid dienone is 4. The molecule has 0 unspecified atom stereocenters. The molecule has 0 spiro atoms. The summed E-state index contributed by atoms with van der Waals surface area (Å²) >= 11 is 0. The van der Waals surface area contributed by atoms with E-state index in [0.29, 0.717) is 31.3 Å². The fraction of sp³-hybridized carbons (Fsp3) is 0.667. The van der Waals surface area contributed by atoms with Gasteiger partial charge in [0.1, 0.15) is 11.8 Å². The van der Waals surface area contributed by atoms with E-state index < -0.39 is 11.8 Å². The summed E-state index contributed by atoms with van der Waals surface area (Å²) in [4.78, 5) is 11.8. The van der Waals surface area contributed by atoms with Crippen molar-refractivity contribution in [2.75, 3.05) is 0 Å². The van der Waals surface area contributed by atoms with Crippen molar-refractivity contribution in [1.82, 2.24) is 0 Å². The topological polar surface area (TPSA) is 37.3 Å². The minimum absolute atomic E-state index is 0.0485. The first-order valence-electron chi connectivity index (χ1n) is 9.05. The van der Waals surface area contributed by atoms with Crippen LogP contribution in [0.15, 0.2) is 23.3 Å². The number of hydrogen-bond donors (Lipinski definition) is 1. The Labute approximate surface area is 143 Å². The van der Waals surface area contributed by atoms with E-state index in [0.717, 1.165) is 12.8 Å². The number of ketones is 1. The predicted molar refractivity (Wildman–Crippen MR) is 90.7 cm³/mol. The maximum atomic E-state index is 15.0. The van der Waals surface area contributed by atoms with Crippen molar-refractivity contribution < 1.29 is 14.3 Å². The highest BCUT2D eigenvalue weighted by Crippen LogP contribution is 2.65.